The molecule has 0 saturated heterocycles. The highest BCUT2D eigenvalue weighted by atomic mass is 16.5. The summed E-state index contributed by atoms with van der Waals surface area (Å²) in [6.45, 7) is 6.72. The highest BCUT2D eigenvalue weighted by Crippen LogP contribution is 2.17. The molecule has 0 radical (unpaired) electrons. The zero-order valence-electron chi connectivity index (χ0n) is 10.7. The molecule has 0 aliphatic carbocycles. The summed E-state index contributed by atoms with van der Waals surface area (Å²) < 4.78 is 5.09. The van der Waals surface area contributed by atoms with Crippen LogP contribution in [0.15, 0.2) is 18.3 Å². The number of ether oxygens (including phenoxy) is 1. The summed E-state index contributed by atoms with van der Waals surface area (Å²) in [6.07, 6.45) is 4.17. The first-order chi connectivity index (χ1) is 7.65. The lowest BCUT2D eigenvalue weighted by Gasteiger charge is -2.18. The van der Waals surface area contributed by atoms with E-state index in [1.54, 1.807) is 13.3 Å². The fraction of sp³-hybridized carbons (Fsp3) is 0.615. The summed E-state index contributed by atoms with van der Waals surface area (Å²) in [5.74, 6) is 1.41. The number of hydrogen-bond acceptors (Lipinski definition) is 3. The summed E-state index contributed by atoms with van der Waals surface area (Å²) in [4.78, 5) is 4.08. The zero-order valence-corrected chi connectivity index (χ0v) is 10.7. The fourth-order valence-electron chi connectivity index (χ4n) is 1.72. The normalized spacial score (nSPS) is 14.2. The first-order valence-corrected chi connectivity index (χ1v) is 5.92. The SMILES string of the molecule is CCC(C)CC(C)Nc1ccnc(OC)c1. The van der Waals surface area contributed by atoms with Crippen molar-refractivity contribution in [2.45, 2.75) is 39.7 Å². The van der Waals surface area contributed by atoms with E-state index >= 15 is 0 Å². The van der Waals surface area contributed by atoms with Crippen molar-refractivity contribution in [1.29, 1.82) is 0 Å². The highest BCUT2D eigenvalue weighted by Gasteiger charge is 2.07. The van der Waals surface area contributed by atoms with Crippen molar-refractivity contribution in [2.24, 2.45) is 5.92 Å². The Kier molecular flexibility index (Phi) is 5.09. The van der Waals surface area contributed by atoms with E-state index in [0.29, 0.717) is 11.9 Å². The molecule has 0 saturated carbocycles. The summed E-state index contributed by atoms with van der Waals surface area (Å²) in [6, 6.07) is 4.37. The van der Waals surface area contributed by atoms with Crippen molar-refractivity contribution in [2.75, 3.05) is 12.4 Å². The molecule has 2 unspecified atom stereocenters. The lowest BCUT2D eigenvalue weighted by molar-refractivity contribution is 0.398. The Morgan fingerprint density at radius 2 is 2.19 bits per heavy atom. The first-order valence-electron chi connectivity index (χ1n) is 5.92. The topological polar surface area (TPSA) is 34.2 Å². The van der Waals surface area contributed by atoms with E-state index in [-0.39, 0.29) is 0 Å². The molecule has 0 fully saturated rings. The van der Waals surface area contributed by atoms with Crippen LogP contribution in [-0.2, 0) is 0 Å². The van der Waals surface area contributed by atoms with Gasteiger partial charge in [-0.1, -0.05) is 20.3 Å². The fourth-order valence-corrected chi connectivity index (χ4v) is 1.72. The van der Waals surface area contributed by atoms with Crippen molar-refractivity contribution >= 4 is 5.69 Å². The Balaban J connectivity index is 2.51. The maximum absolute atomic E-state index is 5.09. The Morgan fingerprint density at radius 1 is 1.44 bits per heavy atom. The van der Waals surface area contributed by atoms with E-state index in [4.69, 9.17) is 4.74 Å². The summed E-state index contributed by atoms with van der Waals surface area (Å²) in [7, 11) is 1.63. The summed E-state index contributed by atoms with van der Waals surface area (Å²) >= 11 is 0. The molecular weight excluding hydrogens is 200 g/mol. The zero-order chi connectivity index (χ0) is 12.0. The van der Waals surface area contributed by atoms with E-state index < -0.39 is 0 Å². The average Bonchev–Trinajstić information content (AvgIpc) is 2.28. The first kappa shape index (κ1) is 12.8. The molecule has 3 nitrogen and oxygen atoms in total. The molecule has 1 rings (SSSR count). The van der Waals surface area contributed by atoms with Crippen molar-refractivity contribution in [1.82, 2.24) is 4.98 Å². The molecule has 1 heterocycles. The van der Waals surface area contributed by atoms with Crippen LogP contribution in [0.2, 0.25) is 0 Å². The average molecular weight is 222 g/mol. The molecule has 0 amide bonds. The maximum atomic E-state index is 5.09. The number of rotatable bonds is 6. The van der Waals surface area contributed by atoms with E-state index in [0.717, 1.165) is 11.6 Å². The standard InChI is InChI=1S/C13H22N2O/c1-5-10(2)8-11(3)15-12-6-7-14-13(9-12)16-4/h6-7,9-11H,5,8H2,1-4H3,(H,14,15). The Labute approximate surface area is 98.2 Å². The Morgan fingerprint density at radius 3 is 2.81 bits per heavy atom. The molecule has 90 valence electrons. The maximum Gasteiger partial charge on any atom is 0.214 e. The van der Waals surface area contributed by atoms with Gasteiger partial charge in [-0.05, 0) is 25.3 Å². The van der Waals surface area contributed by atoms with Crippen LogP contribution in [0, 0.1) is 5.92 Å². The predicted molar refractivity (Wildman–Crippen MR) is 67.9 cm³/mol. The van der Waals surface area contributed by atoms with Crippen LogP contribution >= 0.6 is 0 Å². The minimum absolute atomic E-state index is 0.474. The van der Waals surface area contributed by atoms with Gasteiger partial charge >= 0.3 is 0 Å². The van der Waals surface area contributed by atoms with Crippen LogP contribution in [0.5, 0.6) is 5.88 Å². The number of aromatic nitrogens is 1. The van der Waals surface area contributed by atoms with Crippen molar-refractivity contribution < 1.29 is 4.74 Å². The van der Waals surface area contributed by atoms with Crippen molar-refractivity contribution in [3.8, 4) is 5.88 Å². The van der Waals surface area contributed by atoms with Crippen LogP contribution in [0.4, 0.5) is 5.69 Å². The predicted octanol–water partition coefficient (Wildman–Crippen LogP) is 3.33. The molecule has 0 aliphatic rings. The summed E-state index contributed by atoms with van der Waals surface area (Å²) in [5, 5.41) is 3.46. The van der Waals surface area contributed by atoms with Gasteiger partial charge in [-0.3, -0.25) is 0 Å². The van der Waals surface area contributed by atoms with E-state index in [2.05, 4.69) is 31.1 Å². The molecule has 0 aromatic carbocycles. The second-order valence-corrected chi connectivity index (χ2v) is 4.38. The molecule has 3 heteroatoms. The second-order valence-electron chi connectivity index (χ2n) is 4.38. The van der Waals surface area contributed by atoms with Crippen LogP contribution in [-0.4, -0.2) is 18.1 Å². The van der Waals surface area contributed by atoms with Gasteiger partial charge < -0.3 is 10.1 Å². The molecule has 16 heavy (non-hydrogen) atoms. The number of anilines is 1. The van der Waals surface area contributed by atoms with Gasteiger partial charge in [0.25, 0.3) is 0 Å². The van der Waals surface area contributed by atoms with E-state index in [1.165, 1.54) is 12.8 Å². The molecule has 0 bridgehead atoms. The largest absolute Gasteiger partial charge is 0.481 e. The number of hydrogen-bond donors (Lipinski definition) is 1. The van der Waals surface area contributed by atoms with Crippen molar-refractivity contribution in [3.63, 3.8) is 0 Å². The molecule has 2 atom stereocenters. The van der Waals surface area contributed by atoms with Crippen LogP contribution in [0.3, 0.4) is 0 Å². The lowest BCUT2D eigenvalue weighted by Crippen LogP contribution is -2.18. The van der Waals surface area contributed by atoms with E-state index in [9.17, 15) is 0 Å². The third-order valence-electron chi connectivity index (χ3n) is 2.81. The molecule has 1 aromatic rings. The van der Waals surface area contributed by atoms with Gasteiger partial charge in [-0.15, -0.1) is 0 Å². The van der Waals surface area contributed by atoms with Crippen LogP contribution < -0.4 is 10.1 Å². The molecule has 1 aromatic heterocycles. The minimum Gasteiger partial charge on any atom is -0.481 e. The number of methoxy groups -OCH3 is 1. The molecular formula is C13H22N2O. The van der Waals surface area contributed by atoms with Gasteiger partial charge in [0.2, 0.25) is 5.88 Å². The minimum atomic E-state index is 0.474. The molecule has 0 aliphatic heterocycles. The Hall–Kier alpha value is -1.25. The smallest absolute Gasteiger partial charge is 0.214 e. The van der Waals surface area contributed by atoms with Gasteiger partial charge in [0.15, 0.2) is 0 Å². The second kappa shape index (κ2) is 6.36. The van der Waals surface area contributed by atoms with Gasteiger partial charge in [0, 0.05) is 24.0 Å². The molecule has 0 spiro atoms. The van der Waals surface area contributed by atoms with Crippen LogP contribution in [0.1, 0.15) is 33.6 Å². The highest BCUT2D eigenvalue weighted by molar-refractivity contribution is 5.45. The lowest BCUT2D eigenvalue weighted by atomic mass is 10.0. The third-order valence-corrected chi connectivity index (χ3v) is 2.81. The monoisotopic (exact) mass is 222 g/mol. The van der Waals surface area contributed by atoms with Crippen LogP contribution in [0.25, 0.3) is 0 Å². The van der Waals surface area contributed by atoms with Crippen molar-refractivity contribution in [3.05, 3.63) is 18.3 Å². The molecule has 1 N–H and O–H groups in total. The quantitative estimate of drug-likeness (QED) is 0.801. The number of nitrogens with zero attached hydrogens (tertiary/aromatic N) is 1. The van der Waals surface area contributed by atoms with Gasteiger partial charge in [0.05, 0.1) is 7.11 Å². The summed E-state index contributed by atoms with van der Waals surface area (Å²) in [5.41, 5.74) is 1.07. The van der Waals surface area contributed by atoms with Gasteiger partial charge in [-0.25, -0.2) is 4.98 Å². The number of pyridine rings is 1. The number of nitrogens with one attached hydrogen (secondary N) is 1. The Bertz CT molecular complexity index is 315. The van der Waals surface area contributed by atoms with E-state index in [1.807, 2.05) is 12.1 Å². The van der Waals surface area contributed by atoms with Gasteiger partial charge in [-0.2, -0.15) is 0 Å². The third kappa shape index (κ3) is 4.09. The van der Waals surface area contributed by atoms with Gasteiger partial charge in [0.1, 0.15) is 0 Å².